The van der Waals surface area contributed by atoms with E-state index in [2.05, 4.69) is 24.2 Å². The monoisotopic (exact) mass is 283 g/mol. The molecule has 0 bridgehead atoms. The van der Waals surface area contributed by atoms with Crippen molar-refractivity contribution in [2.75, 3.05) is 46.5 Å². The molecule has 2 aliphatic heterocycles. The summed E-state index contributed by atoms with van der Waals surface area (Å²) in [6, 6.07) is 0. The standard InChI is InChI=1S/C15H29N3O2/c1-3-16-15(17-10-14-6-4-5-8-20-14)18(2)11-13-7-9-19-12-13/h13-14H,3-12H2,1-2H3,(H,16,17). The first-order chi connectivity index (χ1) is 9.79. The van der Waals surface area contributed by atoms with Crippen LogP contribution in [-0.4, -0.2) is 63.5 Å². The third-order valence-corrected chi connectivity index (χ3v) is 3.97. The number of guanidine groups is 1. The molecule has 116 valence electrons. The van der Waals surface area contributed by atoms with Gasteiger partial charge in [0.15, 0.2) is 5.96 Å². The molecule has 0 aliphatic carbocycles. The predicted molar refractivity (Wildman–Crippen MR) is 81.1 cm³/mol. The summed E-state index contributed by atoms with van der Waals surface area (Å²) < 4.78 is 11.2. The number of nitrogens with zero attached hydrogens (tertiary/aromatic N) is 2. The molecule has 2 heterocycles. The van der Waals surface area contributed by atoms with Crippen LogP contribution in [0.25, 0.3) is 0 Å². The van der Waals surface area contributed by atoms with Crippen LogP contribution < -0.4 is 5.32 Å². The van der Waals surface area contributed by atoms with Crippen molar-refractivity contribution >= 4 is 5.96 Å². The molecule has 2 fully saturated rings. The van der Waals surface area contributed by atoms with E-state index in [4.69, 9.17) is 14.5 Å². The molecule has 0 aromatic rings. The molecular weight excluding hydrogens is 254 g/mol. The van der Waals surface area contributed by atoms with Gasteiger partial charge in [0, 0.05) is 39.3 Å². The Bertz CT molecular complexity index is 297. The van der Waals surface area contributed by atoms with Gasteiger partial charge in [-0.2, -0.15) is 0 Å². The van der Waals surface area contributed by atoms with Gasteiger partial charge in [-0.1, -0.05) is 0 Å². The van der Waals surface area contributed by atoms with E-state index in [1.807, 2.05) is 0 Å². The first kappa shape index (κ1) is 15.6. The van der Waals surface area contributed by atoms with Gasteiger partial charge in [0.05, 0.1) is 19.3 Å². The Kier molecular flexibility index (Phi) is 6.60. The van der Waals surface area contributed by atoms with Crippen LogP contribution in [0.2, 0.25) is 0 Å². The van der Waals surface area contributed by atoms with Gasteiger partial charge in [0.25, 0.3) is 0 Å². The lowest BCUT2D eigenvalue weighted by atomic mass is 10.1. The van der Waals surface area contributed by atoms with Crippen molar-refractivity contribution < 1.29 is 9.47 Å². The summed E-state index contributed by atoms with van der Waals surface area (Å²) in [6.45, 7) is 7.48. The molecule has 0 aromatic heterocycles. The molecule has 2 saturated heterocycles. The first-order valence-electron chi connectivity index (χ1n) is 7.98. The maximum absolute atomic E-state index is 5.75. The van der Waals surface area contributed by atoms with Gasteiger partial charge in [-0.25, -0.2) is 0 Å². The molecule has 0 spiro atoms. The quantitative estimate of drug-likeness (QED) is 0.613. The highest BCUT2D eigenvalue weighted by molar-refractivity contribution is 5.79. The first-order valence-corrected chi connectivity index (χ1v) is 7.98. The van der Waals surface area contributed by atoms with E-state index >= 15 is 0 Å². The van der Waals surface area contributed by atoms with E-state index in [0.29, 0.717) is 12.0 Å². The molecule has 2 atom stereocenters. The minimum Gasteiger partial charge on any atom is -0.381 e. The van der Waals surface area contributed by atoms with Gasteiger partial charge in [-0.15, -0.1) is 0 Å². The average Bonchev–Trinajstić information content (AvgIpc) is 2.97. The Balaban J connectivity index is 1.83. The molecule has 2 aliphatic rings. The maximum Gasteiger partial charge on any atom is 0.193 e. The van der Waals surface area contributed by atoms with Crippen molar-refractivity contribution in [2.45, 2.75) is 38.7 Å². The zero-order chi connectivity index (χ0) is 14.2. The SMILES string of the molecule is CCNC(=NCC1CCCCO1)N(C)CC1CCOC1. The third-order valence-electron chi connectivity index (χ3n) is 3.97. The van der Waals surface area contributed by atoms with E-state index in [1.165, 1.54) is 12.8 Å². The second-order valence-corrected chi connectivity index (χ2v) is 5.79. The minimum absolute atomic E-state index is 0.306. The van der Waals surface area contributed by atoms with E-state index < -0.39 is 0 Å². The van der Waals surface area contributed by atoms with Crippen LogP contribution >= 0.6 is 0 Å². The average molecular weight is 283 g/mol. The second-order valence-electron chi connectivity index (χ2n) is 5.79. The van der Waals surface area contributed by atoms with E-state index in [-0.39, 0.29) is 0 Å². The van der Waals surface area contributed by atoms with Gasteiger partial charge < -0.3 is 19.7 Å². The van der Waals surface area contributed by atoms with E-state index in [9.17, 15) is 0 Å². The Hall–Kier alpha value is -0.810. The van der Waals surface area contributed by atoms with E-state index in [1.54, 1.807) is 0 Å². The highest BCUT2D eigenvalue weighted by atomic mass is 16.5. The lowest BCUT2D eigenvalue weighted by molar-refractivity contribution is 0.0223. The van der Waals surface area contributed by atoms with Crippen molar-refractivity contribution in [1.29, 1.82) is 0 Å². The smallest absolute Gasteiger partial charge is 0.193 e. The summed E-state index contributed by atoms with van der Waals surface area (Å²) in [4.78, 5) is 6.97. The van der Waals surface area contributed by atoms with Crippen LogP contribution in [0.5, 0.6) is 0 Å². The largest absolute Gasteiger partial charge is 0.381 e. The second kappa shape index (κ2) is 8.47. The Labute approximate surface area is 122 Å². The summed E-state index contributed by atoms with van der Waals surface area (Å²) in [7, 11) is 2.11. The highest BCUT2D eigenvalue weighted by Gasteiger charge is 2.19. The zero-order valence-corrected chi connectivity index (χ0v) is 12.9. The van der Waals surface area contributed by atoms with Crippen molar-refractivity contribution in [3.63, 3.8) is 0 Å². The molecule has 1 N–H and O–H groups in total. The van der Waals surface area contributed by atoms with Gasteiger partial charge in [0.1, 0.15) is 0 Å². The molecule has 0 aromatic carbocycles. The molecular formula is C15H29N3O2. The molecule has 2 unspecified atom stereocenters. The molecule has 0 radical (unpaired) electrons. The number of hydrogen-bond acceptors (Lipinski definition) is 3. The van der Waals surface area contributed by atoms with Crippen LogP contribution in [0, 0.1) is 5.92 Å². The van der Waals surface area contributed by atoms with Crippen LogP contribution in [0.15, 0.2) is 4.99 Å². The lowest BCUT2D eigenvalue weighted by Crippen LogP contribution is -2.42. The topological polar surface area (TPSA) is 46.1 Å². The lowest BCUT2D eigenvalue weighted by Gasteiger charge is -2.26. The minimum atomic E-state index is 0.306. The Morgan fingerprint density at radius 3 is 2.85 bits per heavy atom. The molecule has 0 amide bonds. The number of rotatable bonds is 5. The summed E-state index contributed by atoms with van der Waals surface area (Å²) >= 11 is 0. The molecule has 5 heteroatoms. The number of hydrogen-bond donors (Lipinski definition) is 1. The Morgan fingerprint density at radius 2 is 2.20 bits per heavy atom. The van der Waals surface area contributed by atoms with Crippen molar-refractivity contribution in [2.24, 2.45) is 10.9 Å². The number of aliphatic imine (C=N–C) groups is 1. The van der Waals surface area contributed by atoms with Crippen molar-refractivity contribution in [1.82, 2.24) is 10.2 Å². The fraction of sp³-hybridized carbons (Fsp3) is 0.933. The fourth-order valence-electron chi connectivity index (χ4n) is 2.81. The predicted octanol–water partition coefficient (Wildman–Crippen LogP) is 1.49. The summed E-state index contributed by atoms with van der Waals surface area (Å²) in [5.74, 6) is 1.63. The highest BCUT2D eigenvalue weighted by Crippen LogP contribution is 2.14. The summed E-state index contributed by atoms with van der Waals surface area (Å²) in [5.41, 5.74) is 0. The summed E-state index contributed by atoms with van der Waals surface area (Å²) in [5, 5.41) is 3.38. The maximum atomic E-state index is 5.75. The van der Waals surface area contributed by atoms with Crippen LogP contribution in [0.4, 0.5) is 0 Å². The molecule has 20 heavy (non-hydrogen) atoms. The van der Waals surface area contributed by atoms with Crippen molar-refractivity contribution in [3.05, 3.63) is 0 Å². The third kappa shape index (κ3) is 4.94. The number of ether oxygens (including phenoxy) is 2. The van der Waals surface area contributed by atoms with Gasteiger partial charge in [0.2, 0.25) is 0 Å². The van der Waals surface area contributed by atoms with Gasteiger partial charge >= 0.3 is 0 Å². The van der Waals surface area contributed by atoms with Crippen LogP contribution in [0.3, 0.4) is 0 Å². The zero-order valence-electron chi connectivity index (χ0n) is 12.9. The van der Waals surface area contributed by atoms with Gasteiger partial charge in [-0.05, 0) is 32.6 Å². The van der Waals surface area contributed by atoms with Crippen LogP contribution in [-0.2, 0) is 9.47 Å². The fourth-order valence-corrected chi connectivity index (χ4v) is 2.81. The van der Waals surface area contributed by atoms with E-state index in [0.717, 1.165) is 58.3 Å². The molecule has 2 rings (SSSR count). The van der Waals surface area contributed by atoms with Crippen LogP contribution in [0.1, 0.15) is 32.6 Å². The molecule has 5 nitrogen and oxygen atoms in total. The van der Waals surface area contributed by atoms with Crippen molar-refractivity contribution in [3.8, 4) is 0 Å². The molecule has 0 saturated carbocycles. The summed E-state index contributed by atoms with van der Waals surface area (Å²) in [6.07, 6.45) is 5.08. The van der Waals surface area contributed by atoms with Gasteiger partial charge in [-0.3, -0.25) is 4.99 Å². The number of nitrogens with one attached hydrogen (secondary N) is 1. The Morgan fingerprint density at radius 1 is 1.30 bits per heavy atom. The normalized spacial score (nSPS) is 27.6.